The largest absolute Gasteiger partial charge is 0.457 e. The van der Waals surface area contributed by atoms with Crippen molar-refractivity contribution in [1.29, 1.82) is 0 Å². The minimum atomic E-state index is -0.533. The zero-order valence-corrected chi connectivity index (χ0v) is 22.4. The maximum atomic E-state index is 11.2. The SMILES string of the molecule is CCCCCCC/C=C\C/C=C\C/C=C\CCCCCCCCCOCC(CO)OC(=O)CC. The van der Waals surface area contributed by atoms with Gasteiger partial charge in [-0.1, -0.05) is 108 Å². The molecule has 1 unspecified atom stereocenters. The Morgan fingerprint density at radius 2 is 1.21 bits per heavy atom. The summed E-state index contributed by atoms with van der Waals surface area (Å²) in [5.41, 5.74) is 0. The minimum absolute atomic E-state index is 0.186. The Morgan fingerprint density at radius 3 is 1.74 bits per heavy atom. The predicted octanol–water partition coefficient (Wildman–Crippen LogP) is 8.25. The molecule has 0 fully saturated rings. The molecule has 34 heavy (non-hydrogen) atoms. The monoisotopic (exact) mass is 478 g/mol. The van der Waals surface area contributed by atoms with Crippen LogP contribution >= 0.6 is 0 Å². The van der Waals surface area contributed by atoms with Gasteiger partial charge in [-0.15, -0.1) is 0 Å². The van der Waals surface area contributed by atoms with Gasteiger partial charge in [0.1, 0.15) is 6.10 Å². The summed E-state index contributed by atoms with van der Waals surface area (Å²) in [6.07, 6.45) is 33.5. The normalized spacial score (nSPS) is 12.9. The van der Waals surface area contributed by atoms with Gasteiger partial charge in [-0.2, -0.15) is 0 Å². The predicted molar refractivity (Wildman–Crippen MR) is 145 cm³/mol. The van der Waals surface area contributed by atoms with Crippen LogP contribution in [0, 0.1) is 0 Å². The van der Waals surface area contributed by atoms with Gasteiger partial charge in [0.25, 0.3) is 0 Å². The number of allylic oxidation sites excluding steroid dienone is 6. The number of hydrogen-bond donors (Lipinski definition) is 1. The highest BCUT2D eigenvalue weighted by Crippen LogP contribution is 2.10. The number of hydrogen-bond acceptors (Lipinski definition) is 4. The molecule has 0 saturated heterocycles. The third-order valence-corrected chi connectivity index (χ3v) is 5.77. The molecule has 0 aliphatic heterocycles. The Morgan fingerprint density at radius 1 is 0.706 bits per heavy atom. The lowest BCUT2D eigenvalue weighted by Crippen LogP contribution is -2.27. The molecule has 0 radical (unpaired) electrons. The van der Waals surface area contributed by atoms with E-state index in [0.29, 0.717) is 13.0 Å². The molecule has 0 bridgehead atoms. The van der Waals surface area contributed by atoms with Gasteiger partial charge < -0.3 is 14.6 Å². The smallest absolute Gasteiger partial charge is 0.305 e. The van der Waals surface area contributed by atoms with Crippen molar-refractivity contribution in [1.82, 2.24) is 0 Å². The van der Waals surface area contributed by atoms with Gasteiger partial charge in [-0.25, -0.2) is 0 Å². The van der Waals surface area contributed by atoms with E-state index in [9.17, 15) is 9.90 Å². The van der Waals surface area contributed by atoms with Crippen molar-refractivity contribution in [3.63, 3.8) is 0 Å². The molecule has 0 amide bonds. The van der Waals surface area contributed by atoms with Gasteiger partial charge >= 0.3 is 5.97 Å². The molecule has 0 aliphatic rings. The highest BCUT2D eigenvalue weighted by Gasteiger charge is 2.12. The van der Waals surface area contributed by atoms with Crippen LogP contribution in [0.4, 0.5) is 0 Å². The van der Waals surface area contributed by atoms with Crippen LogP contribution in [-0.4, -0.2) is 37.0 Å². The van der Waals surface area contributed by atoms with E-state index in [4.69, 9.17) is 9.47 Å². The summed E-state index contributed by atoms with van der Waals surface area (Å²) >= 11 is 0. The van der Waals surface area contributed by atoms with Gasteiger partial charge in [0.05, 0.1) is 13.2 Å². The Bertz CT molecular complexity index is 510. The van der Waals surface area contributed by atoms with E-state index in [1.807, 2.05) is 0 Å². The van der Waals surface area contributed by atoms with Crippen molar-refractivity contribution in [2.75, 3.05) is 19.8 Å². The molecule has 1 atom stereocenters. The summed E-state index contributed by atoms with van der Waals surface area (Å²) in [6, 6.07) is 0. The van der Waals surface area contributed by atoms with Crippen molar-refractivity contribution in [2.24, 2.45) is 0 Å². The maximum absolute atomic E-state index is 11.2. The fourth-order valence-electron chi connectivity index (χ4n) is 3.60. The lowest BCUT2D eigenvalue weighted by atomic mass is 10.1. The molecule has 0 heterocycles. The van der Waals surface area contributed by atoms with Crippen LogP contribution in [0.5, 0.6) is 0 Å². The summed E-state index contributed by atoms with van der Waals surface area (Å²) in [4.78, 5) is 11.2. The molecule has 0 aromatic rings. The summed E-state index contributed by atoms with van der Waals surface area (Å²) < 4.78 is 10.6. The molecular formula is C30H54O4. The van der Waals surface area contributed by atoms with Crippen molar-refractivity contribution in [3.05, 3.63) is 36.5 Å². The van der Waals surface area contributed by atoms with E-state index < -0.39 is 6.10 Å². The molecule has 4 heteroatoms. The number of aliphatic hydroxyl groups is 1. The van der Waals surface area contributed by atoms with Crippen LogP contribution in [0.1, 0.15) is 123 Å². The molecule has 0 spiro atoms. The number of rotatable bonds is 25. The Kier molecular flexibility index (Phi) is 26.7. The number of carbonyl (C=O) groups is 1. The molecule has 0 saturated carbocycles. The third kappa shape index (κ3) is 25.2. The molecule has 0 aliphatic carbocycles. The summed E-state index contributed by atoms with van der Waals surface area (Å²) in [5, 5.41) is 9.19. The van der Waals surface area contributed by atoms with Gasteiger partial charge in [0.15, 0.2) is 0 Å². The van der Waals surface area contributed by atoms with Crippen molar-refractivity contribution in [2.45, 2.75) is 129 Å². The van der Waals surface area contributed by atoms with E-state index in [1.54, 1.807) is 6.92 Å². The van der Waals surface area contributed by atoms with Crippen LogP contribution < -0.4 is 0 Å². The first-order valence-electron chi connectivity index (χ1n) is 14.1. The standard InChI is InChI=1S/C30H54O4/c1-3-5-6-7-8-9-10-11-12-13-14-15-16-17-18-19-20-21-22-23-24-25-26-33-28-29(27-31)34-30(32)4-2/h10-11,13-14,16-17,29,31H,3-9,12,15,18-28H2,1-2H3/b11-10-,14-13-,17-16-. The van der Waals surface area contributed by atoms with Crippen LogP contribution in [0.2, 0.25) is 0 Å². The molecule has 4 nitrogen and oxygen atoms in total. The maximum Gasteiger partial charge on any atom is 0.305 e. The Balaban J connectivity index is 3.35. The fourth-order valence-corrected chi connectivity index (χ4v) is 3.60. The number of aliphatic hydroxyl groups excluding tert-OH is 1. The first kappa shape index (κ1) is 32.6. The van der Waals surface area contributed by atoms with Crippen molar-refractivity contribution in [3.8, 4) is 0 Å². The van der Waals surface area contributed by atoms with E-state index >= 15 is 0 Å². The lowest BCUT2D eigenvalue weighted by molar-refractivity contribution is -0.154. The Labute approximate surface area is 210 Å². The second-order valence-corrected chi connectivity index (χ2v) is 9.07. The summed E-state index contributed by atoms with van der Waals surface area (Å²) in [7, 11) is 0. The summed E-state index contributed by atoms with van der Waals surface area (Å²) in [5.74, 6) is -0.294. The zero-order valence-electron chi connectivity index (χ0n) is 22.4. The van der Waals surface area contributed by atoms with Crippen molar-refractivity contribution >= 4 is 5.97 Å². The van der Waals surface area contributed by atoms with E-state index in [1.165, 1.54) is 83.5 Å². The molecule has 1 N–H and O–H groups in total. The molecule has 198 valence electrons. The second-order valence-electron chi connectivity index (χ2n) is 9.07. The highest BCUT2D eigenvalue weighted by atomic mass is 16.6. The average Bonchev–Trinajstić information content (AvgIpc) is 2.85. The van der Waals surface area contributed by atoms with Gasteiger partial charge in [0, 0.05) is 13.0 Å². The van der Waals surface area contributed by atoms with Gasteiger partial charge in [-0.3, -0.25) is 4.79 Å². The molecule has 0 rings (SSSR count). The highest BCUT2D eigenvalue weighted by molar-refractivity contribution is 5.69. The van der Waals surface area contributed by atoms with Crippen LogP contribution in [0.25, 0.3) is 0 Å². The first-order valence-corrected chi connectivity index (χ1v) is 14.1. The van der Waals surface area contributed by atoms with Crippen LogP contribution in [-0.2, 0) is 14.3 Å². The van der Waals surface area contributed by atoms with E-state index in [2.05, 4.69) is 43.4 Å². The Hall–Kier alpha value is -1.39. The minimum Gasteiger partial charge on any atom is -0.457 e. The lowest BCUT2D eigenvalue weighted by Gasteiger charge is -2.15. The summed E-state index contributed by atoms with van der Waals surface area (Å²) in [6.45, 7) is 4.76. The van der Waals surface area contributed by atoms with Crippen molar-refractivity contribution < 1.29 is 19.4 Å². The second kappa shape index (κ2) is 27.9. The third-order valence-electron chi connectivity index (χ3n) is 5.77. The average molecular weight is 479 g/mol. The van der Waals surface area contributed by atoms with Gasteiger partial charge in [-0.05, 0) is 44.9 Å². The quantitative estimate of drug-likeness (QED) is 0.0815. The number of ether oxygens (including phenoxy) is 2. The number of carbonyl (C=O) groups excluding carboxylic acids is 1. The molecule has 0 aromatic heterocycles. The van der Waals surface area contributed by atoms with Crippen LogP contribution in [0.3, 0.4) is 0 Å². The fraction of sp³-hybridized carbons (Fsp3) is 0.767. The zero-order chi connectivity index (χ0) is 25.0. The van der Waals surface area contributed by atoms with E-state index in [0.717, 1.165) is 19.3 Å². The number of unbranched alkanes of at least 4 members (excludes halogenated alkanes) is 12. The molecular weight excluding hydrogens is 424 g/mol. The van der Waals surface area contributed by atoms with Crippen LogP contribution in [0.15, 0.2) is 36.5 Å². The first-order chi connectivity index (χ1) is 16.7. The van der Waals surface area contributed by atoms with Gasteiger partial charge in [0.2, 0.25) is 0 Å². The number of esters is 1. The molecule has 0 aromatic carbocycles. The topological polar surface area (TPSA) is 55.8 Å². The van der Waals surface area contributed by atoms with E-state index in [-0.39, 0.29) is 19.2 Å².